The molecule has 0 radical (unpaired) electrons. The molecule has 0 spiro atoms. The van der Waals surface area contributed by atoms with Gasteiger partial charge in [0.2, 0.25) is 5.79 Å². The molecule has 1 aromatic rings. The number of rotatable bonds is 11. The number of carbonyl (C=O) groups is 1. The molecule has 3 N–H and O–H groups in total. The summed E-state index contributed by atoms with van der Waals surface area (Å²) in [6.07, 6.45) is 8.68. The van der Waals surface area contributed by atoms with E-state index in [1.807, 2.05) is 48.6 Å². The highest BCUT2D eigenvalue weighted by Gasteiger charge is 2.41. The number of hydrogen-bond acceptors (Lipinski definition) is 6. The highest BCUT2D eigenvalue weighted by molar-refractivity contribution is 5.66. The van der Waals surface area contributed by atoms with Crippen molar-refractivity contribution < 1.29 is 34.3 Å². The molecule has 1 aromatic carbocycles. The summed E-state index contributed by atoms with van der Waals surface area (Å²) >= 11 is 0. The Kier molecular flexibility index (Phi) is 8.66. The summed E-state index contributed by atoms with van der Waals surface area (Å²) < 4.78 is 17.5. The molecule has 0 bridgehead atoms. The van der Waals surface area contributed by atoms with Crippen LogP contribution in [0.3, 0.4) is 0 Å². The maximum atomic E-state index is 10.6. The summed E-state index contributed by atoms with van der Waals surface area (Å²) in [6.45, 7) is 1.11. The van der Waals surface area contributed by atoms with Crippen LogP contribution >= 0.6 is 0 Å². The van der Waals surface area contributed by atoms with E-state index in [9.17, 15) is 15.0 Å². The van der Waals surface area contributed by atoms with E-state index in [0.29, 0.717) is 38.9 Å². The average molecular weight is 433 g/mol. The summed E-state index contributed by atoms with van der Waals surface area (Å²) in [5.74, 6) is -1.46. The van der Waals surface area contributed by atoms with Crippen LogP contribution in [0.25, 0.3) is 0 Å². The van der Waals surface area contributed by atoms with Gasteiger partial charge in [0.25, 0.3) is 0 Å². The summed E-state index contributed by atoms with van der Waals surface area (Å²) in [7, 11) is 0. The molecule has 7 heteroatoms. The Balaban J connectivity index is 1.59. The van der Waals surface area contributed by atoms with Crippen LogP contribution in [0.5, 0.6) is 5.75 Å². The summed E-state index contributed by atoms with van der Waals surface area (Å²) in [5, 5.41) is 29.6. The molecule has 4 atom stereocenters. The van der Waals surface area contributed by atoms with Crippen LogP contribution in [0, 0.1) is 11.8 Å². The molecule has 2 fully saturated rings. The number of aliphatic hydroxyl groups excluding tert-OH is 2. The number of aliphatic carboxylic acids is 1. The van der Waals surface area contributed by atoms with Gasteiger partial charge in [0.05, 0.1) is 25.4 Å². The predicted molar refractivity (Wildman–Crippen MR) is 115 cm³/mol. The van der Waals surface area contributed by atoms with Gasteiger partial charge in [0.1, 0.15) is 12.4 Å². The third kappa shape index (κ3) is 6.90. The Bertz CT molecular complexity index is 740. The second-order valence-electron chi connectivity index (χ2n) is 8.07. The first-order valence-corrected chi connectivity index (χ1v) is 10.9. The SMILES string of the molecule is O=C(O)CCC/C=C\C[C@@H]1[C@@H](/C=C/C2(COc3ccccc3)OCCO2)[C@H](O)C[C@H]1O. The van der Waals surface area contributed by atoms with Gasteiger partial charge in [-0.15, -0.1) is 0 Å². The molecule has 3 rings (SSSR count). The van der Waals surface area contributed by atoms with Gasteiger partial charge in [0.15, 0.2) is 0 Å². The number of unbranched alkanes of at least 4 members (excludes halogenated alkanes) is 1. The van der Waals surface area contributed by atoms with E-state index in [1.54, 1.807) is 6.08 Å². The molecule has 1 aliphatic heterocycles. The minimum Gasteiger partial charge on any atom is -0.488 e. The first-order valence-electron chi connectivity index (χ1n) is 10.9. The lowest BCUT2D eigenvalue weighted by atomic mass is 9.89. The number of para-hydroxylation sites is 1. The second kappa shape index (κ2) is 11.4. The minimum absolute atomic E-state index is 0.129. The van der Waals surface area contributed by atoms with Crippen LogP contribution < -0.4 is 4.74 Å². The fraction of sp³-hybridized carbons (Fsp3) is 0.542. The molecule has 1 aliphatic carbocycles. The monoisotopic (exact) mass is 432 g/mol. The zero-order chi connectivity index (χ0) is 22.1. The number of allylic oxidation sites excluding steroid dienone is 2. The van der Waals surface area contributed by atoms with Gasteiger partial charge in [-0.3, -0.25) is 4.79 Å². The summed E-state index contributed by atoms with van der Waals surface area (Å²) in [4.78, 5) is 10.6. The van der Waals surface area contributed by atoms with Crippen LogP contribution in [-0.4, -0.2) is 59.1 Å². The first-order chi connectivity index (χ1) is 15.0. The lowest BCUT2D eigenvalue weighted by molar-refractivity contribution is -0.139. The van der Waals surface area contributed by atoms with Crippen molar-refractivity contribution in [1.29, 1.82) is 0 Å². The van der Waals surface area contributed by atoms with Crippen molar-refractivity contribution in [3.8, 4) is 5.75 Å². The molecule has 1 heterocycles. The molecule has 31 heavy (non-hydrogen) atoms. The van der Waals surface area contributed by atoms with E-state index in [4.69, 9.17) is 19.3 Å². The molecule has 0 aromatic heterocycles. The van der Waals surface area contributed by atoms with Crippen molar-refractivity contribution >= 4 is 5.97 Å². The lowest BCUT2D eigenvalue weighted by Crippen LogP contribution is -2.35. The molecule has 7 nitrogen and oxygen atoms in total. The lowest BCUT2D eigenvalue weighted by Gasteiger charge is -2.26. The molecule has 0 unspecified atom stereocenters. The number of ether oxygens (including phenoxy) is 3. The Morgan fingerprint density at radius 2 is 1.87 bits per heavy atom. The largest absolute Gasteiger partial charge is 0.488 e. The highest BCUT2D eigenvalue weighted by atomic mass is 16.8. The topological polar surface area (TPSA) is 105 Å². The van der Waals surface area contributed by atoms with E-state index in [-0.39, 0.29) is 24.9 Å². The Morgan fingerprint density at radius 3 is 2.58 bits per heavy atom. The predicted octanol–water partition coefficient (Wildman–Crippen LogP) is 2.92. The van der Waals surface area contributed by atoms with E-state index < -0.39 is 24.0 Å². The highest BCUT2D eigenvalue weighted by Crippen LogP contribution is 2.37. The number of benzene rings is 1. The molecule has 2 aliphatic rings. The van der Waals surface area contributed by atoms with Crippen LogP contribution in [0.4, 0.5) is 0 Å². The molecule has 0 amide bonds. The third-order valence-electron chi connectivity index (χ3n) is 5.78. The maximum absolute atomic E-state index is 10.6. The molecular formula is C24H32O7. The van der Waals surface area contributed by atoms with Gasteiger partial charge < -0.3 is 29.5 Å². The zero-order valence-electron chi connectivity index (χ0n) is 17.6. The molecule has 1 saturated heterocycles. The van der Waals surface area contributed by atoms with Crippen LogP contribution in [-0.2, 0) is 14.3 Å². The van der Waals surface area contributed by atoms with Crippen molar-refractivity contribution in [3.05, 3.63) is 54.6 Å². The van der Waals surface area contributed by atoms with Crippen molar-refractivity contribution in [2.24, 2.45) is 11.8 Å². The number of carboxylic acids is 1. The van der Waals surface area contributed by atoms with Gasteiger partial charge in [0, 0.05) is 18.8 Å². The standard InChI is InChI=1S/C24H32O7/c25-21-16-22(26)20(19(21)10-6-1-2-7-11-23(27)28)12-13-24(30-14-15-31-24)17-29-18-8-4-3-5-9-18/h1,3-6,8-9,12-13,19-22,25-26H,2,7,10-11,14-17H2,(H,27,28)/b6-1-,13-12+/t19-,20-,21-,22-/m1/s1. The van der Waals surface area contributed by atoms with Gasteiger partial charge in [-0.2, -0.15) is 0 Å². The average Bonchev–Trinajstić information content (AvgIpc) is 3.32. The van der Waals surface area contributed by atoms with Crippen molar-refractivity contribution in [2.45, 2.75) is 50.1 Å². The Labute approximate surface area is 182 Å². The van der Waals surface area contributed by atoms with Crippen molar-refractivity contribution in [1.82, 2.24) is 0 Å². The van der Waals surface area contributed by atoms with Gasteiger partial charge >= 0.3 is 5.97 Å². The van der Waals surface area contributed by atoms with Gasteiger partial charge in [-0.25, -0.2) is 0 Å². The minimum atomic E-state index is -1.01. The van der Waals surface area contributed by atoms with Gasteiger partial charge in [-0.05, 0) is 43.4 Å². The number of carboxylic acid groups (broad SMARTS) is 1. The van der Waals surface area contributed by atoms with Crippen LogP contribution in [0.15, 0.2) is 54.6 Å². The van der Waals surface area contributed by atoms with E-state index >= 15 is 0 Å². The van der Waals surface area contributed by atoms with Crippen LogP contribution in [0.2, 0.25) is 0 Å². The van der Waals surface area contributed by atoms with Crippen LogP contribution in [0.1, 0.15) is 32.1 Å². The zero-order valence-corrected chi connectivity index (χ0v) is 17.6. The number of hydrogen-bond donors (Lipinski definition) is 3. The van der Waals surface area contributed by atoms with E-state index in [2.05, 4.69) is 0 Å². The smallest absolute Gasteiger partial charge is 0.303 e. The normalized spacial score (nSPS) is 27.9. The molecular weight excluding hydrogens is 400 g/mol. The fourth-order valence-corrected chi connectivity index (χ4v) is 4.11. The Morgan fingerprint density at radius 1 is 1.13 bits per heavy atom. The van der Waals surface area contributed by atoms with Gasteiger partial charge in [-0.1, -0.05) is 36.4 Å². The van der Waals surface area contributed by atoms with Crippen molar-refractivity contribution in [2.75, 3.05) is 19.8 Å². The van der Waals surface area contributed by atoms with E-state index in [1.165, 1.54) is 0 Å². The fourth-order valence-electron chi connectivity index (χ4n) is 4.11. The third-order valence-corrected chi connectivity index (χ3v) is 5.78. The maximum Gasteiger partial charge on any atom is 0.303 e. The second-order valence-corrected chi connectivity index (χ2v) is 8.07. The summed E-state index contributed by atoms with van der Waals surface area (Å²) in [6, 6.07) is 9.43. The molecule has 170 valence electrons. The number of aliphatic hydroxyl groups is 2. The first kappa shape index (κ1) is 23.5. The van der Waals surface area contributed by atoms with E-state index in [0.717, 1.165) is 5.75 Å². The summed E-state index contributed by atoms with van der Waals surface area (Å²) in [5.41, 5.74) is 0. The quantitative estimate of drug-likeness (QED) is 0.365. The molecule has 1 saturated carbocycles. The van der Waals surface area contributed by atoms with Crippen molar-refractivity contribution in [3.63, 3.8) is 0 Å². The Hall–Kier alpha value is -2.19.